The van der Waals surface area contributed by atoms with E-state index < -0.39 is 0 Å². The molecule has 0 radical (unpaired) electrons. The van der Waals surface area contributed by atoms with E-state index in [9.17, 15) is 4.39 Å². The first-order valence-electron chi connectivity index (χ1n) is 9.18. The van der Waals surface area contributed by atoms with Crippen LogP contribution >= 0.6 is 0 Å². The van der Waals surface area contributed by atoms with Crippen molar-refractivity contribution >= 4 is 0 Å². The third kappa shape index (κ3) is 7.15. The number of likely N-dealkylation sites (N-methyl/N-ethyl adjacent to an activating group) is 1. The monoisotopic (exact) mass is 325 g/mol. The molecule has 1 rings (SSSR count). The predicted octanol–water partition coefficient (Wildman–Crippen LogP) is 3.20. The molecule has 134 valence electrons. The highest BCUT2D eigenvalue weighted by atomic mass is 19.1. The molecule has 0 bridgehead atoms. The largest absolute Gasteiger partial charge is 0.304 e. The van der Waals surface area contributed by atoms with Gasteiger partial charge in [-0.1, -0.05) is 32.1 Å². The number of piperazine rings is 1. The minimum Gasteiger partial charge on any atom is -0.304 e. The van der Waals surface area contributed by atoms with E-state index in [4.69, 9.17) is 0 Å². The van der Waals surface area contributed by atoms with Crippen molar-refractivity contribution in [3.05, 3.63) is 23.8 Å². The van der Waals surface area contributed by atoms with Crippen molar-refractivity contribution in [1.29, 1.82) is 0 Å². The van der Waals surface area contributed by atoms with E-state index in [0.29, 0.717) is 0 Å². The first kappa shape index (κ1) is 20.3. The second-order valence-corrected chi connectivity index (χ2v) is 6.43. The van der Waals surface area contributed by atoms with E-state index >= 15 is 0 Å². The van der Waals surface area contributed by atoms with Gasteiger partial charge >= 0.3 is 0 Å². The third-order valence-corrected chi connectivity index (χ3v) is 4.91. The summed E-state index contributed by atoms with van der Waals surface area (Å²) in [5.41, 5.74) is 0.937. The second kappa shape index (κ2) is 11.8. The minimum atomic E-state index is -0.341. The fourth-order valence-corrected chi connectivity index (χ4v) is 3.25. The summed E-state index contributed by atoms with van der Waals surface area (Å²) in [7, 11) is 2.17. The number of rotatable bonds is 10. The van der Waals surface area contributed by atoms with Crippen molar-refractivity contribution in [2.45, 2.75) is 39.7 Å². The molecular weight excluding hydrogens is 289 g/mol. The molecule has 1 unspecified atom stereocenters. The number of hydrogen-bond acceptors (Lipinski definition) is 3. The van der Waals surface area contributed by atoms with Crippen LogP contribution in [0.2, 0.25) is 0 Å². The van der Waals surface area contributed by atoms with Gasteiger partial charge in [0.15, 0.2) is 0 Å². The molecule has 0 saturated carbocycles. The van der Waals surface area contributed by atoms with Gasteiger partial charge in [-0.3, -0.25) is 4.90 Å². The van der Waals surface area contributed by atoms with Gasteiger partial charge in [0.25, 0.3) is 0 Å². The van der Waals surface area contributed by atoms with Crippen molar-refractivity contribution in [3.63, 3.8) is 0 Å². The van der Waals surface area contributed by atoms with Crippen LogP contribution in [0.5, 0.6) is 0 Å². The topological polar surface area (TPSA) is 9.72 Å². The van der Waals surface area contributed by atoms with Gasteiger partial charge in [0.1, 0.15) is 6.67 Å². The highest BCUT2D eigenvalue weighted by molar-refractivity contribution is 5.19. The number of hydrogen-bond donors (Lipinski definition) is 0. The summed E-state index contributed by atoms with van der Waals surface area (Å²) in [6, 6.07) is 0.250. The molecule has 0 aromatic carbocycles. The Balaban J connectivity index is 2.71. The van der Waals surface area contributed by atoms with Crippen LogP contribution in [-0.4, -0.2) is 80.3 Å². The fourth-order valence-electron chi connectivity index (χ4n) is 3.25. The molecule has 4 heteroatoms. The van der Waals surface area contributed by atoms with Crippen molar-refractivity contribution in [2.24, 2.45) is 0 Å². The first-order chi connectivity index (χ1) is 11.2. The second-order valence-electron chi connectivity index (χ2n) is 6.43. The normalized spacial score (nSPS) is 19.8. The third-order valence-electron chi connectivity index (χ3n) is 4.91. The van der Waals surface area contributed by atoms with Crippen LogP contribution < -0.4 is 0 Å². The predicted molar refractivity (Wildman–Crippen MR) is 98.8 cm³/mol. The Kier molecular flexibility index (Phi) is 10.4. The van der Waals surface area contributed by atoms with Gasteiger partial charge in [0.05, 0.1) is 0 Å². The maximum atomic E-state index is 13.6. The summed E-state index contributed by atoms with van der Waals surface area (Å²) in [5.74, 6) is 0. The maximum Gasteiger partial charge on any atom is 0.112 e. The van der Waals surface area contributed by atoms with Crippen LogP contribution in [0.15, 0.2) is 23.8 Å². The van der Waals surface area contributed by atoms with E-state index in [2.05, 4.69) is 35.6 Å². The van der Waals surface area contributed by atoms with Gasteiger partial charge in [-0.15, -0.1) is 0 Å². The molecule has 23 heavy (non-hydrogen) atoms. The lowest BCUT2D eigenvalue weighted by Gasteiger charge is -2.39. The van der Waals surface area contributed by atoms with E-state index in [1.807, 2.05) is 25.2 Å². The molecular formula is C19H36FN3. The van der Waals surface area contributed by atoms with Gasteiger partial charge < -0.3 is 9.80 Å². The summed E-state index contributed by atoms with van der Waals surface area (Å²) in [4.78, 5) is 7.29. The summed E-state index contributed by atoms with van der Waals surface area (Å²) in [5, 5.41) is 0. The average molecular weight is 326 g/mol. The SMILES string of the molecule is C/C=C\C=C(/CF)C(CCCN(CC)CC)N1CCN(C)CC1. The minimum absolute atomic E-state index is 0.250. The molecule has 0 aliphatic carbocycles. The van der Waals surface area contributed by atoms with Crippen molar-refractivity contribution < 1.29 is 4.39 Å². The molecule has 0 spiro atoms. The fraction of sp³-hybridized carbons (Fsp3) is 0.789. The maximum absolute atomic E-state index is 13.6. The smallest absolute Gasteiger partial charge is 0.112 e. The summed E-state index contributed by atoms with van der Waals surface area (Å²) >= 11 is 0. The van der Waals surface area contributed by atoms with E-state index in [1.54, 1.807) is 0 Å². The Morgan fingerprint density at radius 1 is 1.17 bits per heavy atom. The van der Waals surface area contributed by atoms with Gasteiger partial charge in [-0.25, -0.2) is 4.39 Å². The molecule has 1 fully saturated rings. The molecule has 0 aromatic heterocycles. The zero-order valence-corrected chi connectivity index (χ0v) is 15.6. The van der Waals surface area contributed by atoms with Crippen LogP contribution in [0.4, 0.5) is 4.39 Å². The molecule has 1 saturated heterocycles. The van der Waals surface area contributed by atoms with E-state index in [1.165, 1.54) is 0 Å². The van der Waals surface area contributed by atoms with Crippen molar-refractivity contribution in [3.8, 4) is 0 Å². The Labute approximate surface area is 142 Å². The number of halogens is 1. The molecule has 1 atom stereocenters. The molecule has 0 aromatic rings. The van der Waals surface area contributed by atoms with E-state index in [0.717, 1.165) is 64.2 Å². The van der Waals surface area contributed by atoms with Gasteiger partial charge in [0.2, 0.25) is 0 Å². The molecule has 0 N–H and O–H groups in total. The first-order valence-corrected chi connectivity index (χ1v) is 9.18. The number of nitrogens with zero attached hydrogens (tertiary/aromatic N) is 3. The van der Waals surface area contributed by atoms with Crippen LogP contribution in [0.1, 0.15) is 33.6 Å². The standard InChI is InChI=1S/C19H36FN3/c1-5-8-10-18(17-20)19(11-9-12-22(6-2)7-3)23-15-13-21(4)14-16-23/h5,8,10,19H,6-7,9,11-17H2,1-4H3/b8-5-,18-10+. The van der Waals surface area contributed by atoms with Crippen LogP contribution in [-0.2, 0) is 0 Å². The van der Waals surface area contributed by atoms with Crippen LogP contribution in [0.25, 0.3) is 0 Å². The Morgan fingerprint density at radius 2 is 1.83 bits per heavy atom. The zero-order chi connectivity index (χ0) is 17.1. The van der Waals surface area contributed by atoms with Crippen LogP contribution in [0.3, 0.4) is 0 Å². The molecule has 1 aliphatic rings. The van der Waals surface area contributed by atoms with Gasteiger partial charge in [0, 0.05) is 32.2 Å². The highest BCUT2D eigenvalue weighted by Gasteiger charge is 2.25. The van der Waals surface area contributed by atoms with E-state index in [-0.39, 0.29) is 12.7 Å². The molecule has 3 nitrogen and oxygen atoms in total. The number of alkyl halides is 1. The lowest BCUT2D eigenvalue weighted by Crippen LogP contribution is -2.50. The summed E-state index contributed by atoms with van der Waals surface area (Å²) in [6.07, 6.45) is 8.12. The lowest BCUT2D eigenvalue weighted by molar-refractivity contribution is 0.115. The summed E-state index contributed by atoms with van der Waals surface area (Å²) in [6.45, 7) is 13.6. The van der Waals surface area contributed by atoms with Gasteiger partial charge in [-0.05, 0) is 52.0 Å². The Hall–Kier alpha value is -0.710. The van der Waals surface area contributed by atoms with Gasteiger partial charge in [-0.2, -0.15) is 0 Å². The molecule has 1 heterocycles. The zero-order valence-electron chi connectivity index (χ0n) is 15.6. The highest BCUT2D eigenvalue weighted by Crippen LogP contribution is 2.19. The Morgan fingerprint density at radius 3 is 2.35 bits per heavy atom. The Bertz CT molecular complexity index is 356. The van der Waals surface area contributed by atoms with Crippen LogP contribution in [0, 0.1) is 0 Å². The molecule has 1 aliphatic heterocycles. The van der Waals surface area contributed by atoms with Crippen molar-refractivity contribution in [1.82, 2.24) is 14.7 Å². The molecule has 0 amide bonds. The quantitative estimate of drug-likeness (QED) is 0.571. The lowest BCUT2D eigenvalue weighted by atomic mass is 9.99. The summed E-state index contributed by atoms with van der Waals surface area (Å²) < 4.78 is 13.6. The number of allylic oxidation sites excluding steroid dienone is 3. The average Bonchev–Trinajstić information content (AvgIpc) is 2.58. The van der Waals surface area contributed by atoms with Crippen molar-refractivity contribution in [2.75, 3.05) is 59.5 Å².